The average Bonchev–Trinajstić information content (AvgIpc) is 2.37. The minimum atomic E-state index is -1.36. The van der Waals surface area contributed by atoms with E-state index in [0.717, 1.165) is 14.1 Å². The zero-order valence-electron chi connectivity index (χ0n) is 9.30. The molecule has 0 fully saturated rings. The second kappa shape index (κ2) is 6.15. The first-order chi connectivity index (χ1) is 8.91. The third-order valence-corrected chi connectivity index (χ3v) is 4.69. The third kappa shape index (κ3) is 3.17. The molecule has 1 nitrogen and oxygen atoms in total. The van der Waals surface area contributed by atoms with Crippen molar-refractivity contribution >= 4 is 54.5 Å². The van der Waals surface area contributed by atoms with Gasteiger partial charge in [-0.1, -0.05) is 15.9 Å². The molecular weight excluding hydrogens is 497 g/mol. The maximum atomic E-state index is 14.0. The molecule has 0 spiro atoms. The van der Waals surface area contributed by atoms with Crippen molar-refractivity contribution in [3.63, 3.8) is 0 Å². The highest BCUT2D eigenvalue weighted by atomic mass is 127. The summed E-state index contributed by atoms with van der Waals surface area (Å²) in [5, 5.41) is 10.3. The van der Waals surface area contributed by atoms with Crippen molar-refractivity contribution in [2.24, 2.45) is 0 Å². The Morgan fingerprint density at radius 1 is 1.11 bits per heavy atom. The Labute approximate surface area is 139 Å². The van der Waals surface area contributed by atoms with Crippen LogP contribution in [-0.4, -0.2) is 5.11 Å². The first-order valence-electron chi connectivity index (χ1n) is 5.18. The van der Waals surface area contributed by atoms with Gasteiger partial charge in [-0.2, -0.15) is 0 Å². The van der Waals surface area contributed by atoms with E-state index in [1.807, 2.05) is 22.6 Å². The van der Waals surface area contributed by atoms with Gasteiger partial charge >= 0.3 is 0 Å². The third-order valence-electron chi connectivity index (χ3n) is 2.61. The molecular formula is C13H7Br2F2IO. The predicted molar refractivity (Wildman–Crippen MR) is 85.0 cm³/mol. The second-order valence-corrected chi connectivity index (χ2v) is 6.76. The molecule has 0 aromatic heterocycles. The summed E-state index contributed by atoms with van der Waals surface area (Å²) in [5.74, 6) is -1.56. The Morgan fingerprint density at radius 2 is 1.79 bits per heavy atom. The molecule has 0 aliphatic heterocycles. The number of rotatable bonds is 2. The molecule has 2 aromatic rings. The summed E-state index contributed by atoms with van der Waals surface area (Å²) in [6.45, 7) is 0. The van der Waals surface area contributed by atoms with Crippen molar-refractivity contribution in [1.82, 2.24) is 0 Å². The normalized spacial score (nSPS) is 12.5. The fourth-order valence-electron chi connectivity index (χ4n) is 1.67. The van der Waals surface area contributed by atoms with Gasteiger partial charge in [-0.05, 0) is 74.4 Å². The molecule has 100 valence electrons. The second-order valence-electron chi connectivity index (χ2n) is 3.83. The lowest BCUT2D eigenvalue weighted by atomic mass is 10.0. The highest BCUT2D eigenvalue weighted by Crippen LogP contribution is 2.33. The van der Waals surface area contributed by atoms with E-state index in [2.05, 4.69) is 31.9 Å². The summed E-state index contributed by atoms with van der Waals surface area (Å²) >= 11 is 8.28. The van der Waals surface area contributed by atoms with E-state index in [1.54, 1.807) is 18.2 Å². The van der Waals surface area contributed by atoms with Gasteiger partial charge in [0.25, 0.3) is 0 Å². The van der Waals surface area contributed by atoms with E-state index >= 15 is 0 Å². The van der Waals surface area contributed by atoms with Crippen LogP contribution < -0.4 is 0 Å². The lowest BCUT2D eigenvalue weighted by Gasteiger charge is -2.16. The predicted octanol–water partition coefficient (Wildman–Crippen LogP) is 5.18. The van der Waals surface area contributed by atoms with Gasteiger partial charge in [0, 0.05) is 8.04 Å². The molecule has 0 heterocycles. The van der Waals surface area contributed by atoms with Crippen molar-refractivity contribution < 1.29 is 13.9 Å². The van der Waals surface area contributed by atoms with Gasteiger partial charge < -0.3 is 5.11 Å². The quantitative estimate of drug-likeness (QED) is 0.442. The molecule has 0 aliphatic rings. The first kappa shape index (κ1) is 15.3. The summed E-state index contributed by atoms with van der Waals surface area (Å²) in [7, 11) is 0. The molecule has 0 bridgehead atoms. The Hall–Kier alpha value is -0.0500. The van der Waals surface area contributed by atoms with Crippen LogP contribution >= 0.6 is 54.5 Å². The summed E-state index contributed by atoms with van der Waals surface area (Å²) < 4.78 is 29.3. The van der Waals surface area contributed by atoms with E-state index in [4.69, 9.17) is 0 Å². The molecule has 0 radical (unpaired) electrons. The Balaban J connectivity index is 2.59. The first-order valence-corrected chi connectivity index (χ1v) is 7.84. The van der Waals surface area contributed by atoms with Crippen LogP contribution in [0, 0.1) is 15.2 Å². The molecule has 0 aliphatic carbocycles. The van der Waals surface area contributed by atoms with E-state index in [0.29, 0.717) is 5.56 Å². The van der Waals surface area contributed by atoms with Gasteiger partial charge in [0.1, 0.15) is 17.7 Å². The van der Waals surface area contributed by atoms with Crippen molar-refractivity contribution in [3.8, 4) is 0 Å². The molecule has 1 N–H and O–H groups in total. The summed E-state index contributed by atoms with van der Waals surface area (Å²) in [5.41, 5.74) is 0.0938. The minimum absolute atomic E-state index is 0.118. The average molecular weight is 504 g/mol. The molecule has 6 heteroatoms. The van der Waals surface area contributed by atoms with E-state index in [1.165, 1.54) is 6.07 Å². The molecule has 1 unspecified atom stereocenters. The maximum Gasteiger partial charge on any atom is 0.146 e. The van der Waals surface area contributed by atoms with E-state index in [9.17, 15) is 13.9 Å². The van der Waals surface area contributed by atoms with E-state index < -0.39 is 17.7 Å². The fraction of sp³-hybridized carbons (Fsp3) is 0.0769. The molecule has 2 rings (SSSR count). The van der Waals surface area contributed by atoms with Crippen LogP contribution in [0.5, 0.6) is 0 Å². The van der Waals surface area contributed by atoms with Crippen LogP contribution in [0.1, 0.15) is 17.2 Å². The smallest absolute Gasteiger partial charge is 0.146 e. The highest BCUT2D eigenvalue weighted by molar-refractivity contribution is 14.1. The maximum absolute atomic E-state index is 14.0. The molecule has 2 aromatic carbocycles. The Bertz CT molecular complexity index is 634. The van der Waals surface area contributed by atoms with Crippen LogP contribution in [0.3, 0.4) is 0 Å². The van der Waals surface area contributed by atoms with Crippen LogP contribution in [0.2, 0.25) is 0 Å². The van der Waals surface area contributed by atoms with Crippen LogP contribution in [0.15, 0.2) is 39.3 Å². The SMILES string of the molecule is OC(c1cc(Br)ccc1I)c1c(F)ccc(Br)c1F. The fourth-order valence-corrected chi connectivity index (χ4v) is 3.03. The topological polar surface area (TPSA) is 20.2 Å². The number of hydrogen-bond donors (Lipinski definition) is 1. The van der Waals surface area contributed by atoms with Gasteiger partial charge in [0.05, 0.1) is 10.0 Å². The van der Waals surface area contributed by atoms with Crippen LogP contribution in [0.4, 0.5) is 8.78 Å². The number of aliphatic hydroxyl groups excluding tert-OH is 1. The number of benzene rings is 2. The number of aliphatic hydroxyl groups is 1. The summed E-state index contributed by atoms with van der Waals surface area (Å²) in [6.07, 6.45) is -1.36. The van der Waals surface area contributed by atoms with Crippen molar-refractivity contribution in [3.05, 3.63) is 65.6 Å². The van der Waals surface area contributed by atoms with Gasteiger partial charge in [-0.15, -0.1) is 0 Å². The standard InChI is InChI=1S/C13H7Br2F2IO/c14-6-1-4-10(18)7(5-6)13(19)11-9(16)3-2-8(15)12(11)17/h1-5,13,19H. The van der Waals surface area contributed by atoms with Crippen molar-refractivity contribution in [1.29, 1.82) is 0 Å². The zero-order valence-corrected chi connectivity index (χ0v) is 14.6. The Kier molecular flexibility index (Phi) is 4.97. The van der Waals surface area contributed by atoms with Crippen LogP contribution in [-0.2, 0) is 0 Å². The van der Waals surface area contributed by atoms with Crippen LogP contribution in [0.25, 0.3) is 0 Å². The van der Waals surface area contributed by atoms with E-state index in [-0.39, 0.29) is 10.0 Å². The van der Waals surface area contributed by atoms with Crippen molar-refractivity contribution in [2.45, 2.75) is 6.10 Å². The van der Waals surface area contributed by atoms with Crippen molar-refractivity contribution in [2.75, 3.05) is 0 Å². The monoisotopic (exact) mass is 502 g/mol. The molecule has 0 saturated heterocycles. The lowest BCUT2D eigenvalue weighted by Crippen LogP contribution is -2.08. The molecule has 19 heavy (non-hydrogen) atoms. The Morgan fingerprint density at radius 3 is 2.47 bits per heavy atom. The number of halogens is 5. The largest absolute Gasteiger partial charge is 0.383 e. The minimum Gasteiger partial charge on any atom is -0.383 e. The summed E-state index contributed by atoms with van der Waals surface area (Å²) in [6, 6.07) is 7.60. The van der Waals surface area contributed by atoms with Gasteiger partial charge in [-0.3, -0.25) is 0 Å². The molecule has 0 amide bonds. The zero-order chi connectivity index (χ0) is 14.2. The lowest BCUT2D eigenvalue weighted by molar-refractivity contribution is 0.208. The summed E-state index contributed by atoms with van der Waals surface area (Å²) in [4.78, 5) is 0. The highest BCUT2D eigenvalue weighted by Gasteiger charge is 2.23. The molecule has 0 saturated carbocycles. The van der Waals surface area contributed by atoms with Gasteiger partial charge in [-0.25, -0.2) is 8.78 Å². The van der Waals surface area contributed by atoms with Gasteiger partial charge in [0.2, 0.25) is 0 Å². The van der Waals surface area contributed by atoms with Gasteiger partial charge in [0.15, 0.2) is 0 Å². The number of hydrogen-bond acceptors (Lipinski definition) is 1. The molecule has 1 atom stereocenters.